The molecule has 1 aromatic carbocycles. The van der Waals surface area contributed by atoms with E-state index in [-0.39, 0.29) is 5.78 Å². The summed E-state index contributed by atoms with van der Waals surface area (Å²) in [5.41, 5.74) is 6.94. The van der Waals surface area contributed by atoms with E-state index in [1.165, 1.54) is 5.57 Å². The number of carbonyl (C=O) groups is 1. The van der Waals surface area contributed by atoms with Crippen molar-refractivity contribution in [2.24, 2.45) is 10.1 Å². The van der Waals surface area contributed by atoms with Gasteiger partial charge < -0.3 is 4.90 Å². The highest BCUT2D eigenvalue weighted by molar-refractivity contribution is 6.42. The largest absolute Gasteiger partial charge is 0.351 e. The van der Waals surface area contributed by atoms with Gasteiger partial charge in [0, 0.05) is 19.5 Å². The molecule has 0 aromatic heterocycles. The Labute approximate surface area is 135 Å². The van der Waals surface area contributed by atoms with Crippen LogP contribution in [0, 0.1) is 0 Å². The number of ketones is 1. The van der Waals surface area contributed by atoms with E-state index in [9.17, 15) is 4.79 Å². The molecule has 1 saturated heterocycles. The van der Waals surface area contributed by atoms with E-state index in [1.54, 1.807) is 0 Å². The molecule has 0 atom stereocenters. The van der Waals surface area contributed by atoms with Crippen molar-refractivity contribution in [1.29, 1.82) is 0 Å². The second kappa shape index (κ2) is 5.99. The normalized spacial score (nSPS) is 22.6. The van der Waals surface area contributed by atoms with Gasteiger partial charge in [-0.2, -0.15) is 5.10 Å². The Balaban J connectivity index is 1.63. The van der Waals surface area contributed by atoms with Gasteiger partial charge in [-0.15, -0.1) is 0 Å². The number of hydrogen-bond acceptors (Lipinski definition) is 5. The monoisotopic (exact) mass is 308 g/mol. The highest BCUT2D eigenvalue weighted by Gasteiger charge is 2.32. The standard InChI is InChI=1S/C18H20N4O/c23-16-10-4-6-13-12-22-11-5-9-15(18(22)19-17(13)16)21-20-14-7-2-1-3-8-14/h1-3,7-8,20H,4-6,9-12H2. The van der Waals surface area contributed by atoms with Crippen molar-refractivity contribution < 1.29 is 4.79 Å². The molecule has 4 rings (SSSR count). The smallest absolute Gasteiger partial charge is 0.181 e. The number of hydrazone groups is 1. The van der Waals surface area contributed by atoms with Crippen molar-refractivity contribution in [2.45, 2.75) is 32.1 Å². The predicted octanol–water partition coefficient (Wildman–Crippen LogP) is 2.97. The number of anilines is 1. The quantitative estimate of drug-likeness (QED) is 0.855. The SMILES string of the molecule is O=C1CCCC2=C1N=C1C(=NNc3ccccc3)CCCN1C2. The first-order chi connectivity index (χ1) is 11.3. The number of nitrogens with one attached hydrogen (secondary N) is 1. The van der Waals surface area contributed by atoms with E-state index in [2.05, 4.69) is 15.4 Å². The average molecular weight is 308 g/mol. The second-order valence-corrected chi connectivity index (χ2v) is 6.23. The summed E-state index contributed by atoms with van der Waals surface area (Å²) in [6.45, 7) is 1.83. The van der Waals surface area contributed by atoms with Crippen molar-refractivity contribution in [3.05, 3.63) is 41.6 Å². The molecule has 5 nitrogen and oxygen atoms in total. The Kier molecular flexibility index (Phi) is 3.69. The Morgan fingerprint density at radius 3 is 2.83 bits per heavy atom. The lowest BCUT2D eigenvalue weighted by atomic mass is 9.92. The van der Waals surface area contributed by atoms with Crippen LogP contribution in [-0.2, 0) is 4.79 Å². The lowest BCUT2D eigenvalue weighted by Crippen LogP contribution is -2.46. The van der Waals surface area contributed by atoms with Gasteiger partial charge in [-0.1, -0.05) is 18.2 Å². The third kappa shape index (κ3) is 2.79. The fourth-order valence-corrected chi connectivity index (χ4v) is 3.41. The Hall–Kier alpha value is -2.43. The van der Waals surface area contributed by atoms with Gasteiger partial charge in [-0.3, -0.25) is 10.2 Å². The number of hydrogen-bond donors (Lipinski definition) is 1. The molecular formula is C18H20N4O. The number of carbonyl (C=O) groups excluding carboxylic acids is 1. The molecule has 0 spiro atoms. The maximum Gasteiger partial charge on any atom is 0.181 e. The molecule has 1 aliphatic carbocycles. The highest BCUT2D eigenvalue weighted by Crippen LogP contribution is 2.29. The highest BCUT2D eigenvalue weighted by atomic mass is 16.1. The van der Waals surface area contributed by atoms with Crippen LogP contribution >= 0.6 is 0 Å². The van der Waals surface area contributed by atoms with Crippen LogP contribution in [0.5, 0.6) is 0 Å². The number of allylic oxidation sites excluding steroid dienone is 1. The molecule has 0 bridgehead atoms. The summed E-state index contributed by atoms with van der Waals surface area (Å²) in [4.78, 5) is 19.1. The molecule has 2 aliphatic heterocycles. The molecule has 118 valence electrons. The first kappa shape index (κ1) is 14.2. The average Bonchev–Trinajstić information content (AvgIpc) is 2.60. The predicted molar refractivity (Wildman–Crippen MR) is 91.6 cm³/mol. The molecule has 0 saturated carbocycles. The van der Waals surface area contributed by atoms with Gasteiger partial charge in [-0.25, -0.2) is 4.99 Å². The van der Waals surface area contributed by atoms with Crippen LogP contribution in [0.1, 0.15) is 32.1 Å². The van der Waals surface area contributed by atoms with Gasteiger partial charge in [0.05, 0.1) is 5.69 Å². The number of rotatable bonds is 2. The number of para-hydroxylation sites is 1. The minimum Gasteiger partial charge on any atom is -0.351 e. The van der Waals surface area contributed by atoms with Crippen LogP contribution in [-0.4, -0.2) is 35.3 Å². The first-order valence-corrected chi connectivity index (χ1v) is 8.28. The van der Waals surface area contributed by atoms with E-state index in [1.807, 2.05) is 30.3 Å². The molecule has 3 aliphatic rings. The van der Waals surface area contributed by atoms with E-state index >= 15 is 0 Å². The summed E-state index contributed by atoms with van der Waals surface area (Å²) in [7, 11) is 0. The lowest BCUT2D eigenvalue weighted by molar-refractivity contribution is -0.116. The summed E-state index contributed by atoms with van der Waals surface area (Å²) in [5, 5.41) is 4.56. The molecule has 1 fully saturated rings. The van der Waals surface area contributed by atoms with Gasteiger partial charge in [0.2, 0.25) is 0 Å². The van der Waals surface area contributed by atoms with Crippen molar-refractivity contribution >= 4 is 23.0 Å². The van der Waals surface area contributed by atoms with Gasteiger partial charge in [0.25, 0.3) is 0 Å². The molecule has 0 radical (unpaired) electrons. The third-order valence-electron chi connectivity index (χ3n) is 4.57. The van der Waals surface area contributed by atoms with Crippen LogP contribution in [0.25, 0.3) is 0 Å². The third-order valence-corrected chi connectivity index (χ3v) is 4.57. The van der Waals surface area contributed by atoms with Gasteiger partial charge in [-0.05, 0) is 43.4 Å². The molecule has 1 N–H and O–H groups in total. The van der Waals surface area contributed by atoms with Crippen molar-refractivity contribution in [1.82, 2.24) is 4.90 Å². The lowest BCUT2D eigenvalue weighted by Gasteiger charge is -2.36. The molecule has 1 aromatic rings. The summed E-state index contributed by atoms with van der Waals surface area (Å²) >= 11 is 0. The number of piperidine rings is 1. The number of amidine groups is 1. The molecular weight excluding hydrogens is 288 g/mol. The van der Waals surface area contributed by atoms with Crippen molar-refractivity contribution in [3.63, 3.8) is 0 Å². The molecule has 5 heteroatoms. The van der Waals surface area contributed by atoms with Crippen molar-refractivity contribution in [2.75, 3.05) is 18.5 Å². The van der Waals surface area contributed by atoms with Crippen LogP contribution in [0.3, 0.4) is 0 Å². The Morgan fingerprint density at radius 2 is 1.96 bits per heavy atom. The fourth-order valence-electron chi connectivity index (χ4n) is 3.41. The summed E-state index contributed by atoms with van der Waals surface area (Å²) in [6.07, 6.45) is 4.57. The van der Waals surface area contributed by atoms with Crippen LogP contribution in [0.2, 0.25) is 0 Å². The Bertz CT molecular complexity index is 718. The zero-order valence-electron chi connectivity index (χ0n) is 13.1. The second-order valence-electron chi connectivity index (χ2n) is 6.23. The topological polar surface area (TPSA) is 57.1 Å². The maximum atomic E-state index is 12.2. The van der Waals surface area contributed by atoms with Gasteiger partial charge in [0.1, 0.15) is 11.4 Å². The summed E-state index contributed by atoms with van der Waals surface area (Å²) in [5.74, 6) is 1.08. The summed E-state index contributed by atoms with van der Waals surface area (Å²) in [6, 6.07) is 9.91. The molecule has 2 heterocycles. The fraction of sp³-hybridized carbons (Fsp3) is 0.389. The van der Waals surface area contributed by atoms with Crippen LogP contribution in [0.15, 0.2) is 51.7 Å². The van der Waals surface area contributed by atoms with Gasteiger partial charge in [0.15, 0.2) is 11.6 Å². The maximum absolute atomic E-state index is 12.2. The zero-order valence-corrected chi connectivity index (χ0v) is 13.1. The summed E-state index contributed by atoms with van der Waals surface area (Å²) < 4.78 is 0. The van der Waals surface area contributed by atoms with Crippen LogP contribution < -0.4 is 5.43 Å². The molecule has 0 unspecified atom stereocenters. The minimum absolute atomic E-state index is 0.194. The van der Waals surface area contributed by atoms with E-state index < -0.39 is 0 Å². The number of nitrogens with zero attached hydrogens (tertiary/aromatic N) is 3. The van der Waals surface area contributed by atoms with E-state index in [0.717, 1.165) is 56.0 Å². The van der Waals surface area contributed by atoms with Gasteiger partial charge >= 0.3 is 0 Å². The zero-order chi connectivity index (χ0) is 15.6. The van der Waals surface area contributed by atoms with Crippen molar-refractivity contribution in [3.8, 4) is 0 Å². The van der Waals surface area contributed by atoms with E-state index in [4.69, 9.17) is 4.99 Å². The van der Waals surface area contributed by atoms with Crippen LogP contribution in [0.4, 0.5) is 5.69 Å². The number of Topliss-reactive ketones (excluding diaryl/α,β-unsaturated/α-hetero) is 1. The minimum atomic E-state index is 0.194. The van der Waals surface area contributed by atoms with E-state index in [0.29, 0.717) is 12.1 Å². The number of aliphatic imine (C=N–C) groups is 1. The Morgan fingerprint density at radius 1 is 1.09 bits per heavy atom. The number of fused-ring (bicyclic) bond motifs is 1. The molecule has 23 heavy (non-hydrogen) atoms. The molecule has 0 amide bonds. The number of benzene rings is 1. The first-order valence-electron chi connectivity index (χ1n) is 8.28.